The van der Waals surface area contributed by atoms with Gasteiger partial charge in [-0.25, -0.2) is 8.42 Å². The summed E-state index contributed by atoms with van der Waals surface area (Å²) in [5, 5.41) is 6.52. The molecule has 2 N–H and O–H groups in total. The minimum Gasteiger partial charge on any atom is -0.382 e. The lowest BCUT2D eigenvalue weighted by atomic mass is 10.1. The number of nitrogens with zero attached hydrogens (tertiary/aromatic N) is 1. The number of thioether (sulfide) groups is 1. The lowest BCUT2D eigenvalue weighted by Gasteiger charge is -2.31. The molecule has 0 spiro atoms. The number of anilines is 1. The van der Waals surface area contributed by atoms with Gasteiger partial charge in [0.1, 0.15) is 4.21 Å². The van der Waals surface area contributed by atoms with E-state index in [2.05, 4.69) is 10.6 Å². The molecule has 0 atom stereocenters. The molecule has 1 saturated heterocycles. The van der Waals surface area contributed by atoms with Crippen molar-refractivity contribution in [2.24, 2.45) is 0 Å². The number of amides is 1. The molecule has 37 heavy (non-hydrogen) atoms. The number of alkyl halides is 3. The zero-order valence-electron chi connectivity index (χ0n) is 19.3. The molecule has 0 unspecified atom stereocenters. The van der Waals surface area contributed by atoms with Crippen LogP contribution in [-0.2, 0) is 16.6 Å². The number of piperidine rings is 1. The molecule has 0 bridgehead atoms. The number of hydrogen-bond donors (Lipinski definition) is 2. The van der Waals surface area contributed by atoms with E-state index in [9.17, 15) is 26.4 Å². The monoisotopic (exact) mass is 589 g/mol. The molecule has 6 nitrogen and oxygen atoms in total. The van der Waals surface area contributed by atoms with Crippen LogP contribution in [0.1, 0.15) is 28.1 Å². The highest BCUT2D eigenvalue weighted by molar-refractivity contribution is 8.00. The third-order valence-corrected chi connectivity index (χ3v) is 10.1. The molecule has 0 aliphatic carbocycles. The van der Waals surface area contributed by atoms with Gasteiger partial charge in [-0.15, -0.1) is 11.3 Å². The molecule has 0 radical (unpaired) electrons. The van der Waals surface area contributed by atoms with Gasteiger partial charge in [0.15, 0.2) is 0 Å². The summed E-state index contributed by atoms with van der Waals surface area (Å²) in [6.45, 7) is 0.772. The molecule has 13 heteroatoms. The van der Waals surface area contributed by atoms with E-state index in [0.717, 1.165) is 11.3 Å². The summed E-state index contributed by atoms with van der Waals surface area (Å²) in [4.78, 5) is 13.1. The fraction of sp³-hybridized carbons (Fsp3) is 0.292. The van der Waals surface area contributed by atoms with E-state index in [0.29, 0.717) is 34.0 Å². The van der Waals surface area contributed by atoms with Crippen LogP contribution in [0.4, 0.5) is 18.9 Å². The van der Waals surface area contributed by atoms with Crippen molar-refractivity contribution in [3.8, 4) is 0 Å². The maximum atomic E-state index is 13.1. The molecular formula is C24H23ClF3N3O3S3. The third kappa shape index (κ3) is 7.64. The summed E-state index contributed by atoms with van der Waals surface area (Å²) in [7, 11) is -3.69. The Bertz CT molecular complexity index is 1340. The van der Waals surface area contributed by atoms with Crippen LogP contribution >= 0.6 is 34.7 Å². The Hall–Kier alpha value is -2.25. The van der Waals surface area contributed by atoms with Crippen LogP contribution in [-0.4, -0.2) is 43.3 Å². The molecule has 198 valence electrons. The highest BCUT2D eigenvalue weighted by Gasteiger charge is 2.31. The van der Waals surface area contributed by atoms with Crippen molar-refractivity contribution in [1.29, 1.82) is 0 Å². The lowest BCUT2D eigenvalue weighted by Crippen LogP contribution is -2.42. The van der Waals surface area contributed by atoms with Gasteiger partial charge in [0, 0.05) is 45.2 Å². The molecule has 1 amide bonds. The van der Waals surface area contributed by atoms with Crippen LogP contribution in [0.2, 0.25) is 5.02 Å². The van der Waals surface area contributed by atoms with E-state index < -0.39 is 15.5 Å². The third-order valence-electron chi connectivity index (χ3n) is 5.65. The SMILES string of the molecule is O=C(NCc1ccc(S(=O)(=O)N2CCC(Nc3cccc(SC(F)(F)F)c3)CC2)s1)c1ccc(Cl)cc1. The predicted molar refractivity (Wildman–Crippen MR) is 141 cm³/mol. The predicted octanol–water partition coefficient (Wildman–Crippen LogP) is 6.21. The van der Waals surface area contributed by atoms with Crippen LogP contribution in [0.25, 0.3) is 0 Å². The van der Waals surface area contributed by atoms with Crippen molar-refractivity contribution < 1.29 is 26.4 Å². The molecule has 1 fully saturated rings. The van der Waals surface area contributed by atoms with Gasteiger partial charge in [-0.2, -0.15) is 17.5 Å². The Balaban J connectivity index is 1.30. The fourth-order valence-electron chi connectivity index (χ4n) is 3.85. The first kappa shape index (κ1) is 27.8. The molecule has 1 aliphatic rings. The Labute approximate surface area is 226 Å². The molecule has 3 aromatic rings. The standard InChI is InChI=1S/C24H23ClF3N3O3S3/c25-17-6-4-16(5-7-17)23(32)29-15-21-8-9-22(35-21)37(33,34)31-12-10-18(11-13-31)30-19-2-1-3-20(14-19)36-24(26,27)28/h1-9,14,18,30H,10-13,15H2,(H,29,32). The van der Waals surface area contributed by atoms with E-state index in [1.165, 1.54) is 22.5 Å². The highest BCUT2D eigenvalue weighted by atomic mass is 35.5. The van der Waals surface area contributed by atoms with E-state index in [4.69, 9.17) is 11.6 Å². The number of carbonyl (C=O) groups excluding carboxylic acids is 1. The summed E-state index contributed by atoms with van der Waals surface area (Å²) in [6.07, 6.45) is 1.04. The van der Waals surface area contributed by atoms with Crippen molar-refractivity contribution >= 4 is 56.3 Å². The Morgan fingerprint density at radius 3 is 2.46 bits per heavy atom. The highest BCUT2D eigenvalue weighted by Crippen LogP contribution is 2.38. The van der Waals surface area contributed by atoms with Crippen molar-refractivity contribution in [3.05, 3.63) is 76.1 Å². The lowest BCUT2D eigenvalue weighted by molar-refractivity contribution is -0.0328. The summed E-state index contributed by atoms with van der Waals surface area (Å²) in [6, 6.07) is 15.7. The van der Waals surface area contributed by atoms with Crippen LogP contribution < -0.4 is 10.6 Å². The molecule has 4 rings (SSSR count). The van der Waals surface area contributed by atoms with E-state index >= 15 is 0 Å². The van der Waals surface area contributed by atoms with Crippen LogP contribution in [0.15, 0.2) is 69.8 Å². The van der Waals surface area contributed by atoms with Crippen molar-refractivity contribution in [3.63, 3.8) is 0 Å². The van der Waals surface area contributed by atoms with Gasteiger partial charge in [0.25, 0.3) is 15.9 Å². The zero-order chi connectivity index (χ0) is 26.6. The summed E-state index contributed by atoms with van der Waals surface area (Å²) in [5.41, 5.74) is -3.34. The molecule has 1 aromatic heterocycles. The smallest absolute Gasteiger partial charge is 0.382 e. The average Bonchev–Trinajstić information content (AvgIpc) is 3.33. The Morgan fingerprint density at radius 2 is 1.78 bits per heavy atom. The van der Waals surface area contributed by atoms with E-state index in [1.54, 1.807) is 42.5 Å². The number of sulfonamides is 1. The summed E-state index contributed by atoms with van der Waals surface area (Å²) >= 11 is 6.78. The molecule has 1 aliphatic heterocycles. The van der Waals surface area contributed by atoms with Crippen LogP contribution in [0.3, 0.4) is 0 Å². The normalized spacial score (nSPS) is 15.5. The van der Waals surface area contributed by atoms with Gasteiger partial charge in [-0.05, 0) is 79.2 Å². The second kappa shape index (κ2) is 11.6. The maximum absolute atomic E-state index is 13.1. The molecule has 0 saturated carbocycles. The molecule has 2 heterocycles. The largest absolute Gasteiger partial charge is 0.446 e. The minimum atomic E-state index is -4.36. The first-order valence-electron chi connectivity index (χ1n) is 11.2. The fourth-order valence-corrected chi connectivity index (χ4v) is 7.49. The van der Waals surface area contributed by atoms with Gasteiger partial charge in [0.2, 0.25) is 0 Å². The topological polar surface area (TPSA) is 78.5 Å². The summed E-state index contributed by atoms with van der Waals surface area (Å²) in [5.74, 6) is -0.286. The minimum absolute atomic E-state index is 0.0560. The van der Waals surface area contributed by atoms with Crippen molar-refractivity contribution in [1.82, 2.24) is 9.62 Å². The quantitative estimate of drug-likeness (QED) is 0.306. The zero-order valence-corrected chi connectivity index (χ0v) is 22.5. The van der Waals surface area contributed by atoms with Gasteiger partial charge < -0.3 is 10.6 Å². The van der Waals surface area contributed by atoms with Gasteiger partial charge in [-0.1, -0.05) is 17.7 Å². The number of carbonyl (C=O) groups is 1. The van der Waals surface area contributed by atoms with Crippen molar-refractivity contribution in [2.45, 2.75) is 40.0 Å². The van der Waals surface area contributed by atoms with Gasteiger partial charge >= 0.3 is 5.51 Å². The van der Waals surface area contributed by atoms with Crippen molar-refractivity contribution in [2.75, 3.05) is 18.4 Å². The van der Waals surface area contributed by atoms with Gasteiger partial charge in [-0.3, -0.25) is 4.79 Å². The summed E-state index contributed by atoms with van der Waals surface area (Å²) < 4.78 is 65.8. The second-order valence-electron chi connectivity index (χ2n) is 8.31. The molecule has 2 aromatic carbocycles. The first-order chi connectivity index (χ1) is 17.5. The average molecular weight is 590 g/mol. The number of nitrogens with one attached hydrogen (secondary N) is 2. The maximum Gasteiger partial charge on any atom is 0.446 e. The van der Waals surface area contributed by atoms with E-state index in [1.807, 2.05) is 0 Å². The second-order valence-corrected chi connectivity index (χ2v) is 13.2. The Morgan fingerprint density at radius 1 is 1.08 bits per heavy atom. The first-order valence-corrected chi connectivity index (χ1v) is 14.7. The van der Waals surface area contributed by atoms with Crippen LogP contribution in [0.5, 0.6) is 0 Å². The Kier molecular flexibility index (Phi) is 8.74. The number of benzene rings is 2. The van der Waals surface area contributed by atoms with E-state index in [-0.39, 0.29) is 52.4 Å². The number of rotatable bonds is 8. The van der Waals surface area contributed by atoms with Gasteiger partial charge in [0.05, 0.1) is 6.54 Å². The molecular weight excluding hydrogens is 567 g/mol. The number of thiophene rings is 1. The number of hydrogen-bond acceptors (Lipinski definition) is 6. The van der Waals surface area contributed by atoms with Crippen LogP contribution in [0, 0.1) is 0 Å². The number of halogens is 4.